The van der Waals surface area contributed by atoms with Gasteiger partial charge in [-0.1, -0.05) is 25.0 Å². The Hall–Kier alpha value is -3.28. The van der Waals surface area contributed by atoms with E-state index in [1.807, 2.05) is 36.4 Å². The Kier molecular flexibility index (Phi) is 5.56. The molecule has 0 radical (unpaired) electrons. The Bertz CT molecular complexity index is 919. The zero-order valence-corrected chi connectivity index (χ0v) is 15.7. The first-order valence-electron chi connectivity index (χ1n) is 9.70. The lowest BCUT2D eigenvalue weighted by atomic mass is 10.1. The molecule has 1 aromatic carbocycles. The zero-order chi connectivity index (χ0) is 19.2. The summed E-state index contributed by atoms with van der Waals surface area (Å²) >= 11 is 0. The second-order valence-electron chi connectivity index (χ2n) is 6.95. The number of nitrogens with one attached hydrogen (secondary N) is 1. The molecule has 0 aliphatic carbocycles. The molecule has 1 saturated heterocycles. The third-order valence-corrected chi connectivity index (χ3v) is 4.92. The van der Waals surface area contributed by atoms with E-state index in [-0.39, 0.29) is 5.91 Å². The molecule has 1 fully saturated rings. The number of carbonyl (C=O) groups is 1. The van der Waals surface area contributed by atoms with Gasteiger partial charge in [0.2, 0.25) is 0 Å². The average Bonchev–Trinajstić information content (AvgIpc) is 3.04. The van der Waals surface area contributed by atoms with Gasteiger partial charge < -0.3 is 10.2 Å². The summed E-state index contributed by atoms with van der Waals surface area (Å²) in [7, 11) is 0. The molecule has 6 nitrogen and oxygen atoms in total. The molecular formula is C22H23N5O. The number of pyridine rings is 1. The maximum absolute atomic E-state index is 12.3. The number of aromatic nitrogens is 3. The average molecular weight is 373 g/mol. The molecule has 4 rings (SSSR count). The number of hydrogen-bond acceptors (Lipinski definition) is 5. The number of anilines is 2. The minimum Gasteiger partial charge on any atom is -0.355 e. The van der Waals surface area contributed by atoms with Crippen LogP contribution in [0.25, 0.3) is 11.3 Å². The van der Waals surface area contributed by atoms with E-state index in [9.17, 15) is 4.79 Å². The van der Waals surface area contributed by atoms with E-state index in [1.54, 1.807) is 24.5 Å². The van der Waals surface area contributed by atoms with Crippen molar-refractivity contribution in [3.8, 4) is 11.3 Å². The van der Waals surface area contributed by atoms with Crippen molar-refractivity contribution in [3.63, 3.8) is 0 Å². The number of rotatable bonds is 4. The first kappa shape index (κ1) is 18.1. The number of hydrogen-bond donors (Lipinski definition) is 1. The van der Waals surface area contributed by atoms with Crippen LogP contribution >= 0.6 is 0 Å². The Morgan fingerprint density at radius 3 is 2.50 bits per heavy atom. The van der Waals surface area contributed by atoms with Gasteiger partial charge in [-0.2, -0.15) is 0 Å². The number of nitrogens with zero attached hydrogens (tertiary/aromatic N) is 4. The lowest BCUT2D eigenvalue weighted by molar-refractivity contribution is 0.102. The molecule has 2 aromatic heterocycles. The zero-order valence-electron chi connectivity index (χ0n) is 15.7. The third-order valence-electron chi connectivity index (χ3n) is 4.92. The van der Waals surface area contributed by atoms with Crippen LogP contribution in [-0.4, -0.2) is 34.2 Å². The van der Waals surface area contributed by atoms with E-state index in [1.165, 1.54) is 25.7 Å². The lowest BCUT2D eigenvalue weighted by Crippen LogP contribution is -2.25. The largest absolute Gasteiger partial charge is 0.355 e. The molecule has 3 aromatic rings. The summed E-state index contributed by atoms with van der Waals surface area (Å²) in [6.07, 6.45) is 8.20. The fourth-order valence-corrected chi connectivity index (χ4v) is 3.40. The first-order chi connectivity index (χ1) is 13.8. The molecule has 1 N–H and O–H groups in total. The van der Waals surface area contributed by atoms with E-state index in [0.717, 1.165) is 30.2 Å². The summed E-state index contributed by atoms with van der Waals surface area (Å²) in [5, 5.41) is 11.8. The maximum Gasteiger partial charge on any atom is 0.257 e. The monoisotopic (exact) mass is 373 g/mol. The molecule has 3 heterocycles. The quantitative estimate of drug-likeness (QED) is 0.743. The van der Waals surface area contributed by atoms with Gasteiger partial charge in [-0.25, -0.2) is 0 Å². The summed E-state index contributed by atoms with van der Waals surface area (Å²) in [6.45, 7) is 2.09. The second kappa shape index (κ2) is 8.61. The minimum atomic E-state index is -0.187. The van der Waals surface area contributed by atoms with Gasteiger partial charge >= 0.3 is 0 Å². The van der Waals surface area contributed by atoms with Gasteiger partial charge in [-0.15, -0.1) is 10.2 Å². The smallest absolute Gasteiger partial charge is 0.257 e. The highest BCUT2D eigenvalue weighted by molar-refractivity contribution is 6.04. The Labute approximate surface area is 164 Å². The minimum absolute atomic E-state index is 0.187. The summed E-state index contributed by atoms with van der Waals surface area (Å²) < 4.78 is 0. The molecule has 0 atom stereocenters. The van der Waals surface area contributed by atoms with Crippen LogP contribution < -0.4 is 10.2 Å². The van der Waals surface area contributed by atoms with Crippen LogP contribution in [0.15, 0.2) is 60.9 Å². The highest BCUT2D eigenvalue weighted by Crippen LogP contribution is 2.23. The fourth-order valence-electron chi connectivity index (χ4n) is 3.40. The van der Waals surface area contributed by atoms with Crippen LogP contribution in [0.4, 0.5) is 11.5 Å². The topological polar surface area (TPSA) is 71.0 Å². The van der Waals surface area contributed by atoms with Crippen molar-refractivity contribution in [2.45, 2.75) is 25.7 Å². The molecule has 1 aliphatic heterocycles. The van der Waals surface area contributed by atoms with Crippen LogP contribution in [0.2, 0.25) is 0 Å². The predicted molar refractivity (Wildman–Crippen MR) is 110 cm³/mol. The third kappa shape index (κ3) is 4.34. The van der Waals surface area contributed by atoms with Gasteiger partial charge in [0.05, 0.1) is 11.3 Å². The highest BCUT2D eigenvalue weighted by Gasteiger charge is 2.12. The first-order valence-corrected chi connectivity index (χ1v) is 9.70. The van der Waals surface area contributed by atoms with Crippen molar-refractivity contribution < 1.29 is 4.79 Å². The maximum atomic E-state index is 12.3. The standard InChI is InChI=1S/C22H23N5O/c28-22(18-8-6-12-23-16-18)24-19-9-5-7-17(15-19)20-10-11-21(26-25-20)27-13-3-1-2-4-14-27/h5-12,15-16H,1-4,13-14H2,(H,24,28). The number of amides is 1. The van der Waals surface area contributed by atoms with Crippen molar-refractivity contribution in [3.05, 3.63) is 66.5 Å². The van der Waals surface area contributed by atoms with Gasteiger partial charge in [0, 0.05) is 36.7 Å². The van der Waals surface area contributed by atoms with E-state index in [4.69, 9.17) is 0 Å². The van der Waals surface area contributed by atoms with Gasteiger partial charge in [-0.3, -0.25) is 9.78 Å². The predicted octanol–water partition coefficient (Wildman–Crippen LogP) is 4.17. The van der Waals surface area contributed by atoms with Crippen LogP contribution in [0.3, 0.4) is 0 Å². The fraction of sp³-hybridized carbons (Fsp3) is 0.273. The van der Waals surface area contributed by atoms with Gasteiger partial charge in [-0.05, 0) is 49.2 Å². The van der Waals surface area contributed by atoms with Gasteiger partial charge in [0.25, 0.3) is 5.91 Å². The molecule has 142 valence electrons. The summed E-state index contributed by atoms with van der Waals surface area (Å²) in [4.78, 5) is 18.6. The summed E-state index contributed by atoms with van der Waals surface area (Å²) in [6, 6.07) is 15.1. The molecule has 0 saturated carbocycles. The molecule has 0 spiro atoms. The Morgan fingerprint density at radius 1 is 0.929 bits per heavy atom. The molecule has 6 heteroatoms. The highest BCUT2D eigenvalue weighted by atomic mass is 16.1. The van der Waals surface area contributed by atoms with Crippen molar-refractivity contribution in [2.24, 2.45) is 0 Å². The van der Waals surface area contributed by atoms with Crippen LogP contribution in [-0.2, 0) is 0 Å². The molecular weight excluding hydrogens is 350 g/mol. The summed E-state index contributed by atoms with van der Waals surface area (Å²) in [5.74, 6) is 0.750. The van der Waals surface area contributed by atoms with Crippen LogP contribution in [0.1, 0.15) is 36.0 Å². The summed E-state index contributed by atoms with van der Waals surface area (Å²) in [5.41, 5.74) is 2.94. The molecule has 0 bridgehead atoms. The van der Waals surface area contributed by atoms with E-state index in [0.29, 0.717) is 11.3 Å². The van der Waals surface area contributed by atoms with Crippen molar-refractivity contribution in [1.29, 1.82) is 0 Å². The Balaban J connectivity index is 1.48. The van der Waals surface area contributed by atoms with Crippen molar-refractivity contribution in [1.82, 2.24) is 15.2 Å². The van der Waals surface area contributed by atoms with E-state index >= 15 is 0 Å². The van der Waals surface area contributed by atoms with Gasteiger partial charge in [0.15, 0.2) is 5.82 Å². The van der Waals surface area contributed by atoms with Gasteiger partial charge in [0.1, 0.15) is 0 Å². The SMILES string of the molecule is O=C(Nc1cccc(-c2ccc(N3CCCCCC3)nn2)c1)c1cccnc1. The number of benzene rings is 1. The van der Waals surface area contributed by atoms with Crippen LogP contribution in [0, 0.1) is 0 Å². The molecule has 28 heavy (non-hydrogen) atoms. The lowest BCUT2D eigenvalue weighted by Gasteiger charge is -2.20. The van der Waals surface area contributed by atoms with Crippen LogP contribution in [0.5, 0.6) is 0 Å². The molecule has 0 unspecified atom stereocenters. The Morgan fingerprint density at radius 2 is 1.79 bits per heavy atom. The number of carbonyl (C=O) groups excluding carboxylic acids is 1. The van der Waals surface area contributed by atoms with E-state index in [2.05, 4.69) is 25.4 Å². The van der Waals surface area contributed by atoms with E-state index < -0.39 is 0 Å². The molecule has 1 aliphatic rings. The molecule has 1 amide bonds. The van der Waals surface area contributed by atoms with Crippen molar-refractivity contribution in [2.75, 3.05) is 23.3 Å². The normalized spacial score (nSPS) is 14.4. The second-order valence-corrected chi connectivity index (χ2v) is 6.95. The van der Waals surface area contributed by atoms with Crippen molar-refractivity contribution >= 4 is 17.4 Å².